The first kappa shape index (κ1) is 12.2. The molecule has 106 valence electrons. The van der Waals surface area contributed by atoms with E-state index in [1.54, 1.807) is 0 Å². The van der Waals surface area contributed by atoms with E-state index in [4.69, 9.17) is 4.74 Å². The standard InChI is InChI=1S/C16H20N2O2/c19-16-18-10-13-6-7-14(15(18)11-20-16)17(9-13)8-12-4-2-1-3-5-12/h1-5,13-15H,6-11H2/t13?,14-,15+/m0/s1. The largest absolute Gasteiger partial charge is 0.447 e. The van der Waals surface area contributed by atoms with Gasteiger partial charge in [0.05, 0.1) is 6.04 Å². The fraction of sp³-hybridized carbons (Fsp3) is 0.562. The van der Waals surface area contributed by atoms with Gasteiger partial charge >= 0.3 is 6.09 Å². The number of nitrogens with zero attached hydrogens (tertiary/aromatic N) is 2. The number of fused-ring (bicyclic) bond motifs is 2. The lowest BCUT2D eigenvalue weighted by atomic mass is 9.92. The Morgan fingerprint density at radius 1 is 1.10 bits per heavy atom. The number of carbonyl (C=O) groups is 1. The van der Waals surface area contributed by atoms with Crippen LogP contribution in [0.3, 0.4) is 0 Å². The molecule has 0 N–H and O–H groups in total. The number of rotatable bonds is 2. The number of hydrogen-bond donors (Lipinski definition) is 0. The van der Waals surface area contributed by atoms with Crippen LogP contribution in [0.1, 0.15) is 18.4 Å². The highest BCUT2D eigenvalue weighted by atomic mass is 16.6. The molecule has 1 amide bonds. The van der Waals surface area contributed by atoms with Gasteiger partial charge < -0.3 is 4.74 Å². The van der Waals surface area contributed by atoms with Crippen molar-refractivity contribution in [3.8, 4) is 0 Å². The zero-order chi connectivity index (χ0) is 13.5. The summed E-state index contributed by atoms with van der Waals surface area (Å²) in [5, 5.41) is 0. The minimum atomic E-state index is -0.103. The van der Waals surface area contributed by atoms with E-state index in [1.165, 1.54) is 18.4 Å². The van der Waals surface area contributed by atoms with Crippen molar-refractivity contribution in [3.05, 3.63) is 35.9 Å². The lowest BCUT2D eigenvalue weighted by Gasteiger charge is -2.38. The molecule has 4 fully saturated rings. The van der Waals surface area contributed by atoms with Crippen LogP contribution in [0.25, 0.3) is 0 Å². The van der Waals surface area contributed by atoms with Crippen LogP contribution in [-0.2, 0) is 11.3 Å². The third kappa shape index (κ3) is 1.99. The lowest BCUT2D eigenvalue weighted by molar-refractivity contribution is 0.0939. The Kier molecular flexibility index (Phi) is 2.91. The molecular formula is C16H20N2O2. The molecule has 4 nitrogen and oxygen atoms in total. The van der Waals surface area contributed by atoms with Gasteiger partial charge in [-0.15, -0.1) is 0 Å². The molecule has 2 bridgehead atoms. The highest BCUT2D eigenvalue weighted by Crippen LogP contribution is 2.35. The van der Waals surface area contributed by atoms with Crippen LogP contribution in [-0.4, -0.2) is 47.7 Å². The van der Waals surface area contributed by atoms with Gasteiger partial charge in [-0.2, -0.15) is 0 Å². The minimum Gasteiger partial charge on any atom is -0.447 e. The molecule has 0 aliphatic carbocycles. The Morgan fingerprint density at radius 3 is 2.80 bits per heavy atom. The second kappa shape index (κ2) is 4.77. The van der Waals surface area contributed by atoms with E-state index in [0.717, 1.165) is 19.6 Å². The molecule has 4 heteroatoms. The summed E-state index contributed by atoms with van der Waals surface area (Å²) < 4.78 is 5.27. The molecule has 4 heterocycles. The number of carbonyl (C=O) groups excluding carboxylic acids is 1. The summed E-state index contributed by atoms with van der Waals surface area (Å²) in [6, 6.07) is 11.3. The normalized spacial score (nSPS) is 32.9. The highest BCUT2D eigenvalue weighted by molar-refractivity contribution is 5.70. The van der Waals surface area contributed by atoms with Crippen molar-refractivity contribution in [3.63, 3.8) is 0 Å². The van der Waals surface area contributed by atoms with Gasteiger partial charge in [0.2, 0.25) is 0 Å². The van der Waals surface area contributed by atoms with E-state index in [2.05, 4.69) is 35.2 Å². The van der Waals surface area contributed by atoms with E-state index in [0.29, 0.717) is 18.6 Å². The van der Waals surface area contributed by atoms with Gasteiger partial charge in [-0.1, -0.05) is 30.3 Å². The van der Waals surface area contributed by atoms with Crippen LogP contribution in [0, 0.1) is 5.92 Å². The predicted octanol–water partition coefficient (Wildman–Crippen LogP) is 2.10. The molecule has 1 aromatic carbocycles. The number of ether oxygens (including phenoxy) is 1. The molecule has 0 aromatic heterocycles. The van der Waals surface area contributed by atoms with Crippen molar-refractivity contribution < 1.29 is 9.53 Å². The summed E-state index contributed by atoms with van der Waals surface area (Å²) in [5.74, 6) is 0.602. The Hall–Kier alpha value is -1.55. The lowest BCUT2D eigenvalue weighted by Crippen LogP contribution is -2.49. The maximum absolute atomic E-state index is 11.8. The second-order valence-electron chi connectivity index (χ2n) is 6.22. The Bertz CT molecular complexity index is 504. The summed E-state index contributed by atoms with van der Waals surface area (Å²) in [7, 11) is 0. The molecule has 0 radical (unpaired) electrons. The molecule has 4 saturated heterocycles. The molecule has 4 aliphatic rings. The zero-order valence-corrected chi connectivity index (χ0v) is 11.6. The van der Waals surface area contributed by atoms with Crippen LogP contribution in [0.2, 0.25) is 0 Å². The third-order valence-electron chi connectivity index (χ3n) is 4.97. The average Bonchev–Trinajstić information content (AvgIpc) is 2.67. The van der Waals surface area contributed by atoms with Crippen LogP contribution in [0.5, 0.6) is 0 Å². The van der Waals surface area contributed by atoms with Crippen LogP contribution in [0.15, 0.2) is 30.3 Å². The summed E-state index contributed by atoms with van der Waals surface area (Å²) in [6.07, 6.45) is 2.33. The maximum atomic E-state index is 11.8. The van der Waals surface area contributed by atoms with Gasteiger partial charge in [0.15, 0.2) is 0 Å². The average molecular weight is 272 g/mol. The third-order valence-corrected chi connectivity index (χ3v) is 4.97. The van der Waals surface area contributed by atoms with E-state index < -0.39 is 0 Å². The number of amides is 1. The SMILES string of the molecule is O=C1OC[C@@H]2[C@@H]3CCC(CN3Cc3ccccc3)CN12. The summed E-state index contributed by atoms with van der Waals surface area (Å²) in [4.78, 5) is 16.4. The fourth-order valence-electron chi connectivity index (χ4n) is 4.00. The fourth-order valence-corrected chi connectivity index (χ4v) is 4.00. The Labute approximate surface area is 119 Å². The first-order valence-electron chi connectivity index (χ1n) is 7.52. The van der Waals surface area contributed by atoms with Gasteiger partial charge in [0, 0.05) is 25.7 Å². The van der Waals surface area contributed by atoms with Gasteiger partial charge in [0.25, 0.3) is 0 Å². The van der Waals surface area contributed by atoms with Gasteiger partial charge in [0.1, 0.15) is 6.61 Å². The van der Waals surface area contributed by atoms with Gasteiger partial charge in [-0.25, -0.2) is 4.79 Å². The van der Waals surface area contributed by atoms with Crippen molar-refractivity contribution in [1.29, 1.82) is 0 Å². The van der Waals surface area contributed by atoms with E-state index in [-0.39, 0.29) is 12.1 Å². The highest BCUT2D eigenvalue weighted by Gasteiger charge is 2.47. The van der Waals surface area contributed by atoms with Crippen molar-refractivity contribution in [2.75, 3.05) is 19.7 Å². The van der Waals surface area contributed by atoms with E-state index in [9.17, 15) is 4.79 Å². The molecule has 3 atom stereocenters. The molecule has 1 unspecified atom stereocenters. The van der Waals surface area contributed by atoms with Crippen LogP contribution in [0.4, 0.5) is 4.79 Å². The Balaban J connectivity index is 1.58. The molecule has 5 rings (SSSR count). The maximum Gasteiger partial charge on any atom is 0.410 e. The monoisotopic (exact) mass is 272 g/mol. The summed E-state index contributed by atoms with van der Waals surface area (Å²) in [6.45, 7) is 3.55. The van der Waals surface area contributed by atoms with Crippen molar-refractivity contribution in [2.24, 2.45) is 5.92 Å². The molecule has 0 spiro atoms. The first-order chi connectivity index (χ1) is 9.81. The molecule has 4 aliphatic heterocycles. The quantitative estimate of drug-likeness (QED) is 0.826. The number of benzene rings is 1. The smallest absolute Gasteiger partial charge is 0.410 e. The van der Waals surface area contributed by atoms with E-state index >= 15 is 0 Å². The number of piperidine rings is 1. The molecule has 20 heavy (non-hydrogen) atoms. The number of cyclic esters (lactones) is 1. The molecular weight excluding hydrogens is 252 g/mol. The number of hydrogen-bond acceptors (Lipinski definition) is 3. The van der Waals surface area contributed by atoms with Gasteiger partial charge in [-0.05, 0) is 24.3 Å². The van der Waals surface area contributed by atoms with Crippen molar-refractivity contribution >= 4 is 6.09 Å². The van der Waals surface area contributed by atoms with Crippen molar-refractivity contribution in [2.45, 2.75) is 31.5 Å². The predicted molar refractivity (Wildman–Crippen MR) is 75.2 cm³/mol. The van der Waals surface area contributed by atoms with Crippen LogP contribution < -0.4 is 0 Å². The second-order valence-corrected chi connectivity index (χ2v) is 6.22. The Morgan fingerprint density at radius 2 is 1.95 bits per heavy atom. The first-order valence-corrected chi connectivity index (χ1v) is 7.52. The van der Waals surface area contributed by atoms with Crippen molar-refractivity contribution in [1.82, 2.24) is 9.80 Å². The summed E-state index contributed by atoms with van der Waals surface area (Å²) >= 11 is 0. The summed E-state index contributed by atoms with van der Waals surface area (Å²) in [5.41, 5.74) is 1.36. The molecule has 0 saturated carbocycles. The zero-order valence-electron chi connectivity index (χ0n) is 11.6. The molecule has 1 aromatic rings. The van der Waals surface area contributed by atoms with Gasteiger partial charge in [-0.3, -0.25) is 9.80 Å². The minimum absolute atomic E-state index is 0.103. The van der Waals surface area contributed by atoms with Crippen LogP contribution >= 0.6 is 0 Å². The van der Waals surface area contributed by atoms with E-state index in [1.807, 2.05) is 4.90 Å². The topological polar surface area (TPSA) is 32.8 Å².